The van der Waals surface area contributed by atoms with Crippen LogP contribution in [0.4, 0.5) is 5.69 Å². The molecule has 2 aromatic rings. The predicted molar refractivity (Wildman–Crippen MR) is 113 cm³/mol. The molecule has 0 aromatic heterocycles. The van der Waals surface area contributed by atoms with Crippen molar-refractivity contribution in [1.82, 2.24) is 4.31 Å². The molecular formula is C22H26N2O5S. The minimum Gasteiger partial charge on any atom is -0.482 e. The van der Waals surface area contributed by atoms with Gasteiger partial charge in [-0.3, -0.25) is 4.79 Å². The molecule has 2 heterocycles. The van der Waals surface area contributed by atoms with Gasteiger partial charge < -0.3 is 14.8 Å². The molecule has 160 valence electrons. The summed E-state index contributed by atoms with van der Waals surface area (Å²) >= 11 is 0. The smallest absolute Gasteiger partial charge is 0.269 e. The second-order valence-electron chi connectivity index (χ2n) is 7.64. The molecule has 2 aromatic carbocycles. The number of carbonyl (C=O) groups is 1. The number of nitrogens with one attached hydrogen (secondary N) is 1. The number of rotatable bonds is 4. The highest BCUT2D eigenvalue weighted by Crippen LogP contribution is 2.33. The molecule has 0 bridgehead atoms. The number of carbonyl (C=O) groups excluding carboxylic acids is 1. The quantitative estimate of drug-likeness (QED) is 0.803. The van der Waals surface area contributed by atoms with Crippen molar-refractivity contribution in [3.63, 3.8) is 0 Å². The van der Waals surface area contributed by atoms with Crippen molar-refractivity contribution in [3.8, 4) is 11.5 Å². The summed E-state index contributed by atoms with van der Waals surface area (Å²) in [5.41, 5.74) is 0.408. The minimum atomic E-state index is -3.59. The third-order valence-electron chi connectivity index (χ3n) is 5.41. The molecule has 1 N–H and O–H groups in total. The van der Waals surface area contributed by atoms with Gasteiger partial charge in [0.25, 0.3) is 5.91 Å². The zero-order valence-electron chi connectivity index (χ0n) is 16.9. The summed E-state index contributed by atoms with van der Waals surface area (Å²) in [6, 6.07) is 13.6. The van der Waals surface area contributed by atoms with E-state index in [2.05, 4.69) is 5.32 Å². The van der Waals surface area contributed by atoms with Crippen LogP contribution in [0, 0.1) is 0 Å². The van der Waals surface area contributed by atoms with Crippen molar-refractivity contribution >= 4 is 21.6 Å². The fraction of sp³-hybridized carbons (Fsp3) is 0.409. The molecule has 30 heavy (non-hydrogen) atoms. The van der Waals surface area contributed by atoms with Gasteiger partial charge in [-0.25, -0.2) is 8.42 Å². The largest absolute Gasteiger partial charge is 0.482 e. The van der Waals surface area contributed by atoms with Gasteiger partial charge in [0, 0.05) is 18.8 Å². The van der Waals surface area contributed by atoms with Crippen LogP contribution in [0.3, 0.4) is 0 Å². The summed E-state index contributed by atoms with van der Waals surface area (Å²) in [6.07, 6.45) is 2.51. The third-order valence-corrected chi connectivity index (χ3v) is 7.30. The second-order valence-corrected chi connectivity index (χ2v) is 9.58. The van der Waals surface area contributed by atoms with Crippen LogP contribution >= 0.6 is 0 Å². The fourth-order valence-electron chi connectivity index (χ4n) is 3.79. The first-order valence-electron chi connectivity index (χ1n) is 10.3. The van der Waals surface area contributed by atoms with Crippen LogP contribution < -0.4 is 14.8 Å². The number of sulfonamides is 1. The molecular weight excluding hydrogens is 404 g/mol. The first-order chi connectivity index (χ1) is 14.4. The van der Waals surface area contributed by atoms with Crippen LogP contribution in [0.2, 0.25) is 0 Å². The Morgan fingerprint density at radius 3 is 2.33 bits per heavy atom. The number of anilines is 1. The van der Waals surface area contributed by atoms with Gasteiger partial charge in [-0.15, -0.1) is 0 Å². The van der Waals surface area contributed by atoms with Crippen molar-refractivity contribution in [2.24, 2.45) is 0 Å². The number of nitrogens with zero attached hydrogens (tertiary/aromatic N) is 1. The predicted octanol–water partition coefficient (Wildman–Crippen LogP) is 3.42. The van der Waals surface area contributed by atoms with E-state index in [9.17, 15) is 13.2 Å². The lowest BCUT2D eigenvalue weighted by Gasteiger charge is -2.31. The Balaban J connectivity index is 1.50. The Morgan fingerprint density at radius 1 is 0.967 bits per heavy atom. The van der Waals surface area contributed by atoms with Gasteiger partial charge in [-0.1, -0.05) is 31.0 Å². The molecule has 7 nitrogen and oxygen atoms in total. The maximum absolute atomic E-state index is 13.0. The van der Waals surface area contributed by atoms with E-state index in [0.717, 1.165) is 25.7 Å². The van der Waals surface area contributed by atoms with Crippen LogP contribution in [-0.4, -0.2) is 43.9 Å². The fourth-order valence-corrected chi connectivity index (χ4v) is 5.35. The van der Waals surface area contributed by atoms with E-state index >= 15 is 0 Å². The summed E-state index contributed by atoms with van der Waals surface area (Å²) in [6.45, 7) is 2.83. The van der Waals surface area contributed by atoms with E-state index in [0.29, 0.717) is 30.3 Å². The van der Waals surface area contributed by atoms with Crippen LogP contribution in [0.15, 0.2) is 53.4 Å². The van der Waals surface area contributed by atoms with E-state index < -0.39 is 22.2 Å². The zero-order valence-corrected chi connectivity index (χ0v) is 17.7. The van der Waals surface area contributed by atoms with Crippen LogP contribution in [-0.2, 0) is 14.8 Å². The lowest BCUT2D eigenvalue weighted by molar-refractivity contribution is -0.128. The molecule has 0 aliphatic carbocycles. The molecule has 0 radical (unpaired) electrons. The van der Waals surface area contributed by atoms with Gasteiger partial charge in [-0.05, 0) is 50.1 Å². The van der Waals surface area contributed by atoms with Gasteiger partial charge in [0.1, 0.15) is 6.10 Å². The number of ether oxygens (including phenoxy) is 2. The van der Waals surface area contributed by atoms with Gasteiger partial charge >= 0.3 is 0 Å². The highest BCUT2D eigenvalue weighted by molar-refractivity contribution is 7.89. The maximum Gasteiger partial charge on any atom is 0.269 e. The van der Waals surface area contributed by atoms with E-state index in [1.807, 2.05) is 12.1 Å². The molecule has 2 aliphatic rings. The van der Waals surface area contributed by atoms with E-state index in [1.165, 1.54) is 10.4 Å². The second kappa shape index (κ2) is 8.65. The van der Waals surface area contributed by atoms with Gasteiger partial charge in [0.2, 0.25) is 16.1 Å². The molecule has 8 heteroatoms. The van der Waals surface area contributed by atoms with Crippen LogP contribution in [0.25, 0.3) is 0 Å². The minimum absolute atomic E-state index is 0.182. The van der Waals surface area contributed by atoms with Gasteiger partial charge in [0.05, 0.1) is 4.90 Å². The average molecular weight is 431 g/mol. The third kappa shape index (κ3) is 4.29. The Bertz CT molecular complexity index is 1020. The first kappa shape index (κ1) is 20.7. The number of amides is 1. The summed E-state index contributed by atoms with van der Waals surface area (Å²) in [7, 11) is -3.59. The van der Waals surface area contributed by atoms with Crippen LogP contribution in [0.1, 0.15) is 32.6 Å². The Labute approximate surface area is 177 Å². The van der Waals surface area contributed by atoms with E-state index in [4.69, 9.17) is 9.47 Å². The molecule has 4 rings (SSSR count). The van der Waals surface area contributed by atoms with Gasteiger partial charge in [-0.2, -0.15) is 4.31 Å². The summed E-state index contributed by atoms with van der Waals surface area (Å²) in [4.78, 5) is 13.0. The van der Waals surface area contributed by atoms with Crippen molar-refractivity contribution < 1.29 is 22.7 Å². The van der Waals surface area contributed by atoms with Crippen LogP contribution in [0.5, 0.6) is 11.5 Å². The topological polar surface area (TPSA) is 84.9 Å². The van der Waals surface area contributed by atoms with Crippen molar-refractivity contribution in [2.45, 2.75) is 49.7 Å². The molecule has 1 fully saturated rings. The summed E-state index contributed by atoms with van der Waals surface area (Å²) < 4.78 is 39.2. The van der Waals surface area contributed by atoms with Gasteiger partial charge in [0.15, 0.2) is 11.5 Å². The summed E-state index contributed by atoms with van der Waals surface area (Å²) in [5.74, 6) is 0.717. The molecule has 0 spiro atoms. The SMILES string of the molecule is CC1Oc2ccccc2OC1C(=O)Nc1cccc(S(=O)(=O)N2CCCCCC2)c1. The molecule has 2 unspecified atom stereocenters. The molecule has 1 saturated heterocycles. The lowest BCUT2D eigenvalue weighted by atomic mass is 10.1. The Morgan fingerprint density at radius 2 is 1.63 bits per heavy atom. The molecule has 1 amide bonds. The molecule has 2 atom stereocenters. The van der Waals surface area contributed by atoms with Crippen molar-refractivity contribution in [2.75, 3.05) is 18.4 Å². The highest BCUT2D eigenvalue weighted by Gasteiger charge is 2.34. The summed E-state index contributed by atoms with van der Waals surface area (Å²) in [5, 5.41) is 2.77. The number of hydrogen-bond acceptors (Lipinski definition) is 5. The number of benzene rings is 2. The number of hydrogen-bond donors (Lipinski definition) is 1. The Hall–Kier alpha value is -2.58. The van der Waals surface area contributed by atoms with E-state index in [-0.39, 0.29) is 10.8 Å². The first-order valence-corrected chi connectivity index (χ1v) is 11.7. The zero-order chi connectivity index (χ0) is 21.1. The van der Waals surface area contributed by atoms with Crippen molar-refractivity contribution in [3.05, 3.63) is 48.5 Å². The average Bonchev–Trinajstić information content (AvgIpc) is 3.03. The van der Waals surface area contributed by atoms with E-state index in [1.54, 1.807) is 37.3 Å². The normalized spacial score (nSPS) is 22.2. The maximum atomic E-state index is 13.0. The Kier molecular flexibility index (Phi) is 5.97. The monoisotopic (exact) mass is 430 g/mol. The number of para-hydroxylation sites is 2. The number of fused-ring (bicyclic) bond motifs is 1. The van der Waals surface area contributed by atoms with Crippen molar-refractivity contribution in [1.29, 1.82) is 0 Å². The highest BCUT2D eigenvalue weighted by atomic mass is 32.2. The lowest BCUT2D eigenvalue weighted by Crippen LogP contribution is -2.46. The molecule has 2 aliphatic heterocycles. The standard InChI is InChI=1S/C22H26N2O5S/c1-16-21(29-20-12-5-4-11-19(20)28-16)22(25)23-17-9-8-10-18(15-17)30(26,27)24-13-6-2-3-7-14-24/h4-5,8-12,15-16,21H,2-3,6-7,13-14H2,1H3,(H,23,25). The molecule has 0 saturated carbocycles.